The molecule has 0 unspecified atom stereocenters. The van der Waals surface area contributed by atoms with Crippen LogP contribution in [0.15, 0.2) is 22.8 Å². The topological polar surface area (TPSA) is 44.1 Å². The Hall–Kier alpha value is -1.43. The molecule has 4 nitrogen and oxygen atoms in total. The molecule has 0 bridgehead atoms. The number of nitrogens with zero attached hydrogens (tertiary/aromatic N) is 2. The van der Waals surface area contributed by atoms with Gasteiger partial charge < -0.3 is 4.74 Å². The minimum absolute atomic E-state index is 0.0119. The van der Waals surface area contributed by atoms with Gasteiger partial charge in [0, 0.05) is 16.1 Å². The summed E-state index contributed by atoms with van der Waals surface area (Å²) in [6.45, 7) is 0. The predicted molar refractivity (Wildman–Crippen MR) is 80.4 cm³/mol. The van der Waals surface area contributed by atoms with Crippen molar-refractivity contribution in [1.29, 1.82) is 0 Å². The number of carbonyl (C=O) groups is 1. The molecule has 1 aromatic heterocycles. The van der Waals surface area contributed by atoms with Crippen molar-refractivity contribution >= 4 is 32.8 Å². The van der Waals surface area contributed by atoms with Gasteiger partial charge in [0.05, 0.1) is 19.1 Å². The molecule has 1 aliphatic rings. The second-order valence-electron chi connectivity index (χ2n) is 5.46. The van der Waals surface area contributed by atoms with Crippen LogP contribution in [0, 0.1) is 11.7 Å². The maximum absolute atomic E-state index is 13.9. The van der Waals surface area contributed by atoms with E-state index in [-0.39, 0.29) is 23.7 Å². The number of benzene rings is 1. The van der Waals surface area contributed by atoms with Gasteiger partial charge in [0.25, 0.3) is 0 Å². The van der Waals surface area contributed by atoms with Crippen LogP contribution in [0.25, 0.3) is 10.9 Å². The van der Waals surface area contributed by atoms with E-state index in [9.17, 15) is 9.18 Å². The van der Waals surface area contributed by atoms with Crippen molar-refractivity contribution in [3.8, 4) is 0 Å². The van der Waals surface area contributed by atoms with E-state index < -0.39 is 0 Å². The second-order valence-corrected chi connectivity index (χ2v) is 6.38. The largest absolute Gasteiger partial charge is 0.469 e. The van der Waals surface area contributed by atoms with Crippen LogP contribution in [-0.2, 0) is 9.53 Å². The lowest BCUT2D eigenvalue weighted by molar-refractivity contribution is -0.146. The third kappa shape index (κ3) is 2.81. The van der Waals surface area contributed by atoms with Crippen LogP contribution in [0.4, 0.5) is 4.39 Å². The normalized spacial score (nSPS) is 22.4. The van der Waals surface area contributed by atoms with Gasteiger partial charge in [0.2, 0.25) is 0 Å². The molecule has 0 saturated heterocycles. The second kappa shape index (κ2) is 5.75. The summed E-state index contributed by atoms with van der Waals surface area (Å²) in [5.41, 5.74) is 0.397. The summed E-state index contributed by atoms with van der Waals surface area (Å²) >= 11 is 3.29. The van der Waals surface area contributed by atoms with Gasteiger partial charge >= 0.3 is 5.97 Å². The number of fused-ring (bicyclic) bond motifs is 1. The molecule has 112 valence electrons. The monoisotopic (exact) mass is 354 g/mol. The number of hydrogen-bond acceptors (Lipinski definition) is 3. The molecular formula is C15H16BrFN2O2. The van der Waals surface area contributed by atoms with Gasteiger partial charge in [-0.2, -0.15) is 5.10 Å². The molecule has 2 aromatic rings. The van der Waals surface area contributed by atoms with Crippen LogP contribution >= 0.6 is 15.9 Å². The quantitative estimate of drug-likeness (QED) is 0.769. The summed E-state index contributed by atoms with van der Waals surface area (Å²) in [6, 6.07) is 3.51. The Bertz CT molecular complexity index is 678. The van der Waals surface area contributed by atoms with E-state index in [0.717, 1.165) is 31.1 Å². The molecule has 0 aliphatic heterocycles. The standard InChI is InChI=1S/C15H16BrFN2O2/c1-21-15(20)9-2-4-12(5-3-9)19-8-10-6-11(16)7-13(17)14(10)18-19/h6-9,12H,2-5H2,1H3. The van der Waals surface area contributed by atoms with Gasteiger partial charge in [-0.25, -0.2) is 4.39 Å². The number of rotatable bonds is 2. The van der Waals surface area contributed by atoms with Gasteiger partial charge in [-0.1, -0.05) is 15.9 Å². The average Bonchev–Trinajstić information content (AvgIpc) is 2.91. The molecule has 1 fully saturated rings. The maximum atomic E-state index is 13.9. The number of esters is 1. The summed E-state index contributed by atoms with van der Waals surface area (Å²) in [6.07, 6.45) is 5.18. The van der Waals surface area contributed by atoms with Crippen LogP contribution in [-0.4, -0.2) is 22.9 Å². The Morgan fingerprint density at radius 3 is 2.76 bits per heavy atom. The molecule has 6 heteroatoms. The van der Waals surface area contributed by atoms with Crippen LogP contribution in [0.5, 0.6) is 0 Å². The van der Waals surface area contributed by atoms with Gasteiger partial charge in [-0.05, 0) is 37.8 Å². The fraction of sp³-hybridized carbons (Fsp3) is 0.467. The summed E-state index contributed by atoms with van der Waals surface area (Å²) in [5, 5.41) is 5.16. The highest BCUT2D eigenvalue weighted by atomic mass is 79.9. The highest BCUT2D eigenvalue weighted by molar-refractivity contribution is 9.10. The van der Waals surface area contributed by atoms with E-state index >= 15 is 0 Å². The summed E-state index contributed by atoms with van der Waals surface area (Å²) < 4.78 is 21.2. The van der Waals surface area contributed by atoms with E-state index in [1.165, 1.54) is 13.2 Å². The number of halogens is 2. The highest BCUT2D eigenvalue weighted by Crippen LogP contribution is 2.33. The zero-order valence-corrected chi connectivity index (χ0v) is 13.3. The lowest BCUT2D eigenvalue weighted by Gasteiger charge is -2.26. The Kier molecular flexibility index (Phi) is 3.97. The highest BCUT2D eigenvalue weighted by Gasteiger charge is 2.28. The van der Waals surface area contributed by atoms with E-state index in [1.807, 2.05) is 16.9 Å². The van der Waals surface area contributed by atoms with Gasteiger partial charge in [-0.15, -0.1) is 0 Å². The smallest absolute Gasteiger partial charge is 0.308 e. The Balaban J connectivity index is 1.80. The van der Waals surface area contributed by atoms with Gasteiger partial charge in [0.1, 0.15) is 5.52 Å². The molecule has 21 heavy (non-hydrogen) atoms. The van der Waals surface area contributed by atoms with Crippen LogP contribution in [0.1, 0.15) is 31.7 Å². The molecule has 1 aromatic carbocycles. The molecule has 0 radical (unpaired) electrons. The molecule has 0 spiro atoms. The van der Waals surface area contributed by atoms with Crippen molar-refractivity contribution < 1.29 is 13.9 Å². The molecule has 0 atom stereocenters. The van der Waals surface area contributed by atoms with E-state index in [1.54, 1.807) is 0 Å². The van der Waals surface area contributed by atoms with Crippen LogP contribution in [0.2, 0.25) is 0 Å². The first-order valence-corrected chi connectivity index (χ1v) is 7.79. The first-order valence-electron chi connectivity index (χ1n) is 7.00. The van der Waals surface area contributed by atoms with Crippen molar-refractivity contribution in [3.05, 3.63) is 28.6 Å². The van der Waals surface area contributed by atoms with Gasteiger partial charge in [-0.3, -0.25) is 9.48 Å². The Labute approximate surface area is 130 Å². The molecule has 1 aliphatic carbocycles. The number of carbonyl (C=O) groups excluding carboxylic acids is 1. The molecule has 0 N–H and O–H groups in total. The fourth-order valence-corrected chi connectivity index (χ4v) is 3.45. The van der Waals surface area contributed by atoms with Crippen LogP contribution < -0.4 is 0 Å². The average molecular weight is 355 g/mol. The lowest BCUT2D eigenvalue weighted by Crippen LogP contribution is -2.24. The van der Waals surface area contributed by atoms with Crippen molar-refractivity contribution in [2.24, 2.45) is 5.92 Å². The zero-order chi connectivity index (χ0) is 15.0. The molecule has 1 saturated carbocycles. The van der Waals surface area contributed by atoms with E-state index in [0.29, 0.717) is 9.99 Å². The summed E-state index contributed by atoms with van der Waals surface area (Å²) in [5.74, 6) is -0.461. The summed E-state index contributed by atoms with van der Waals surface area (Å²) in [4.78, 5) is 11.5. The van der Waals surface area contributed by atoms with Gasteiger partial charge in [0.15, 0.2) is 5.82 Å². The SMILES string of the molecule is COC(=O)C1CCC(n2cc3cc(Br)cc(F)c3n2)CC1. The third-order valence-electron chi connectivity index (χ3n) is 4.15. The fourth-order valence-electron chi connectivity index (χ4n) is 3.01. The van der Waals surface area contributed by atoms with Crippen molar-refractivity contribution in [1.82, 2.24) is 9.78 Å². The maximum Gasteiger partial charge on any atom is 0.308 e. The Morgan fingerprint density at radius 2 is 2.10 bits per heavy atom. The summed E-state index contributed by atoms with van der Waals surface area (Å²) in [7, 11) is 1.43. The van der Waals surface area contributed by atoms with E-state index in [4.69, 9.17) is 4.74 Å². The first kappa shape index (κ1) is 14.5. The van der Waals surface area contributed by atoms with Crippen LogP contribution in [0.3, 0.4) is 0 Å². The molecular weight excluding hydrogens is 339 g/mol. The van der Waals surface area contributed by atoms with E-state index in [2.05, 4.69) is 21.0 Å². The minimum Gasteiger partial charge on any atom is -0.469 e. The third-order valence-corrected chi connectivity index (χ3v) is 4.61. The number of hydrogen-bond donors (Lipinski definition) is 0. The van der Waals surface area contributed by atoms with Crippen molar-refractivity contribution in [2.45, 2.75) is 31.7 Å². The predicted octanol–water partition coefficient (Wildman–Crippen LogP) is 3.84. The van der Waals surface area contributed by atoms with Crippen molar-refractivity contribution in [3.63, 3.8) is 0 Å². The molecule has 1 heterocycles. The Morgan fingerprint density at radius 1 is 1.38 bits per heavy atom. The molecule has 0 amide bonds. The molecule has 3 rings (SSSR count). The minimum atomic E-state index is -0.318. The number of methoxy groups -OCH3 is 1. The first-order chi connectivity index (χ1) is 10.1. The number of ether oxygens (including phenoxy) is 1. The zero-order valence-electron chi connectivity index (χ0n) is 11.7. The lowest BCUT2D eigenvalue weighted by atomic mass is 9.86. The van der Waals surface area contributed by atoms with Crippen molar-refractivity contribution in [2.75, 3.05) is 7.11 Å². The number of aromatic nitrogens is 2.